The molecular weight excluding hydrogens is 200 g/mol. The van der Waals surface area contributed by atoms with E-state index >= 15 is 0 Å². The highest BCUT2D eigenvalue weighted by Gasteiger charge is 2.23. The molecule has 1 aliphatic heterocycles. The summed E-state index contributed by atoms with van der Waals surface area (Å²) in [5.41, 5.74) is 8.48. The van der Waals surface area contributed by atoms with Crippen LogP contribution in [-0.2, 0) is 4.79 Å². The van der Waals surface area contributed by atoms with E-state index in [0.717, 1.165) is 16.8 Å². The SMILES string of the molecule is Cc1c(Cl)ccc2c1NC(=O)CC2N. The molecule has 4 heteroatoms. The van der Waals surface area contributed by atoms with E-state index in [1.54, 1.807) is 0 Å². The molecular formula is C10H11ClN2O. The second-order valence-corrected chi connectivity index (χ2v) is 3.90. The van der Waals surface area contributed by atoms with Gasteiger partial charge in [0.05, 0.1) is 0 Å². The Morgan fingerprint density at radius 1 is 1.57 bits per heavy atom. The Labute approximate surface area is 87.2 Å². The number of carbonyl (C=O) groups excluding carboxylic acids is 1. The van der Waals surface area contributed by atoms with E-state index in [-0.39, 0.29) is 11.9 Å². The topological polar surface area (TPSA) is 55.1 Å². The van der Waals surface area contributed by atoms with Crippen molar-refractivity contribution in [3.8, 4) is 0 Å². The second kappa shape index (κ2) is 3.26. The monoisotopic (exact) mass is 210 g/mol. The average Bonchev–Trinajstić information content (AvgIpc) is 2.12. The van der Waals surface area contributed by atoms with Gasteiger partial charge in [-0.25, -0.2) is 0 Å². The van der Waals surface area contributed by atoms with Gasteiger partial charge >= 0.3 is 0 Å². The third-order valence-corrected chi connectivity index (χ3v) is 2.91. The first-order valence-electron chi connectivity index (χ1n) is 4.44. The highest BCUT2D eigenvalue weighted by molar-refractivity contribution is 6.31. The van der Waals surface area contributed by atoms with Crippen molar-refractivity contribution in [1.29, 1.82) is 0 Å². The number of hydrogen-bond donors (Lipinski definition) is 2. The number of nitrogens with two attached hydrogens (primary N) is 1. The predicted octanol–water partition coefficient (Wildman–Crippen LogP) is 1.99. The predicted molar refractivity (Wildman–Crippen MR) is 56.4 cm³/mol. The molecule has 1 aliphatic rings. The molecule has 0 bridgehead atoms. The third-order valence-electron chi connectivity index (χ3n) is 2.50. The molecule has 14 heavy (non-hydrogen) atoms. The Balaban J connectivity index is 2.59. The molecule has 1 aromatic rings. The Hall–Kier alpha value is -1.06. The summed E-state index contributed by atoms with van der Waals surface area (Å²) in [6, 6.07) is 3.47. The van der Waals surface area contributed by atoms with Crippen LogP contribution in [0.5, 0.6) is 0 Å². The number of nitrogens with one attached hydrogen (secondary N) is 1. The molecule has 3 N–H and O–H groups in total. The molecule has 1 heterocycles. The summed E-state index contributed by atoms with van der Waals surface area (Å²) >= 11 is 5.95. The van der Waals surface area contributed by atoms with Crippen LogP contribution in [0.15, 0.2) is 12.1 Å². The summed E-state index contributed by atoms with van der Waals surface area (Å²) in [6.07, 6.45) is 0.341. The first-order valence-corrected chi connectivity index (χ1v) is 4.82. The summed E-state index contributed by atoms with van der Waals surface area (Å²) in [5, 5.41) is 3.45. The van der Waals surface area contributed by atoms with Crippen molar-refractivity contribution in [3.05, 3.63) is 28.3 Å². The van der Waals surface area contributed by atoms with Crippen molar-refractivity contribution >= 4 is 23.2 Å². The fourth-order valence-electron chi connectivity index (χ4n) is 1.68. The minimum Gasteiger partial charge on any atom is -0.325 e. The Morgan fingerprint density at radius 2 is 2.29 bits per heavy atom. The molecule has 0 radical (unpaired) electrons. The summed E-state index contributed by atoms with van der Waals surface area (Å²) < 4.78 is 0. The second-order valence-electron chi connectivity index (χ2n) is 3.50. The van der Waals surface area contributed by atoms with Crippen molar-refractivity contribution in [3.63, 3.8) is 0 Å². The van der Waals surface area contributed by atoms with Gasteiger partial charge < -0.3 is 11.1 Å². The standard InChI is InChI=1S/C10H11ClN2O/c1-5-7(11)3-2-6-8(12)4-9(14)13-10(5)6/h2-3,8H,4,12H2,1H3,(H,13,14). The molecule has 0 saturated carbocycles. The Kier molecular flexibility index (Phi) is 2.21. The Morgan fingerprint density at radius 3 is 3.00 bits per heavy atom. The molecule has 1 amide bonds. The van der Waals surface area contributed by atoms with Crippen molar-refractivity contribution in [2.24, 2.45) is 5.73 Å². The molecule has 0 fully saturated rings. The van der Waals surface area contributed by atoms with Crippen LogP contribution < -0.4 is 11.1 Å². The highest BCUT2D eigenvalue weighted by Crippen LogP contribution is 2.34. The fraction of sp³-hybridized carbons (Fsp3) is 0.300. The minimum atomic E-state index is -0.213. The zero-order chi connectivity index (χ0) is 10.3. The van der Waals surface area contributed by atoms with E-state index in [4.69, 9.17) is 17.3 Å². The van der Waals surface area contributed by atoms with Gasteiger partial charge in [0.1, 0.15) is 0 Å². The van der Waals surface area contributed by atoms with Gasteiger partial charge in [-0.3, -0.25) is 4.79 Å². The number of rotatable bonds is 0. The third kappa shape index (κ3) is 1.38. The van der Waals surface area contributed by atoms with E-state index in [1.807, 2.05) is 19.1 Å². The Bertz CT molecular complexity index is 403. The van der Waals surface area contributed by atoms with Gasteiger partial charge in [0.25, 0.3) is 0 Å². The van der Waals surface area contributed by atoms with Crippen LogP contribution in [-0.4, -0.2) is 5.91 Å². The maximum atomic E-state index is 11.3. The van der Waals surface area contributed by atoms with Crippen LogP contribution in [0.2, 0.25) is 5.02 Å². The smallest absolute Gasteiger partial charge is 0.226 e. The first-order chi connectivity index (χ1) is 6.59. The van der Waals surface area contributed by atoms with Crippen molar-refractivity contribution in [2.75, 3.05) is 5.32 Å². The largest absolute Gasteiger partial charge is 0.325 e. The van der Waals surface area contributed by atoms with E-state index < -0.39 is 0 Å². The van der Waals surface area contributed by atoms with Crippen molar-refractivity contribution in [2.45, 2.75) is 19.4 Å². The lowest BCUT2D eigenvalue weighted by Crippen LogP contribution is -2.27. The van der Waals surface area contributed by atoms with Crippen LogP contribution in [0.1, 0.15) is 23.6 Å². The summed E-state index contributed by atoms with van der Waals surface area (Å²) in [5.74, 6) is -0.0460. The van der Waals surface area contributed by atoms with Gasteiger partial charge in [-0.15, -0.1) is 0 Å². The van der Waals surface area contributed by atoms with E-state index in [2.05, 4.69) is 5.32 Å². The molecule has 1 atom stereocenters. The molecule has 0 aromatic heterocycles. The minimum absolute atomic E-state index is 0.0460. The van der Waals surface area contributed by atoms with Crippen LogP contribution in [0.4, 0.5) is 5.69 Å². The molecule has 3 nitrogen and oxygen atoms in total. The maximum absolute atomic E-state index is 11.3. The van der Waals surface area contributed by atoms with Crippen LogP contribution >= 0.6 is 11.6 Å². The number of fused-ring (bicyclic) bond motifs is 1. The number of benzene rings is 1. The fourth-order valence-corrected chi connectivity index (χ4v) is 1.84. The van der Waals surface area contributed by atoms with Gasteiger partial charge in [-0.1, -0.05) is 17.7 Å². The quantitative estimate of drug-likeness (QED) is 0.688. The summed E-state index contributed by atoms with van der Waals surface area (Å²) in [4.78, 5) is 11.3. The van der Waals surface area contributed by atoms with E-state index in [0.29, 0.717) is 11.4 Å². The molecule has 74 valence electrons. The lowest BCUT2D eigenvalue weighted by atomic mass is 9.95. The normalized spacial score (nSPS) is 20.2. The van der Waals surface area contributed by atoms with Crippen molar-refractivity contribution < 1.29 is 4.79 Å². The van der Waals surface area contributed by atoms with Crippen LogP contribution in [0.25, 0.3) is 0 Å². The lowest BCUT2D eigenvalue weighted by Gasteiger charge is -2.24. The van der Waals surface area contributed by atoms with Crippen LogP contribution in [0.3, 0.4) is 0 Å². The van der Waals surface area contributed by atoms with Gasteiger partial charge in [-0.2, -0.15) is 0 Å². The molecule has 2 rings (SSSR count). The number of amides is 1. The average molecular weight is 211 g/mol. The van der Waals surface area contributed by atoms with Gasteiger partial charge in [0.2, 0.25) is 5.91 Å². The number of hydrogen-bond acceptors (Lipinski definition) is 2. The molecule has 0 saturated heterocycles. The number of carbonyl (C=O) groups is 1. The van der Waals surface area contributed by atoms with Gasteiger partial charge in [0, 0.05) is 23.2 Å². The highest BCUT2D eigenvalue weighted by atomic mass is 35.5. The van der Waals surface area contributed by atoms with E-state index in [1.165, 1.54) is 0 Å². The van der Waals surface area contributed by atoms with Crippen molar-refractivity contribution in [1.82, 2.24) is 0 Å². The maximum Gasteiger partial charge on any atom is 0.226 e. The molecule has 1 aromatic carbocycles. The zero-order valence-electron chi connectivity index (χ0n) is 7.80. The summed E-state index contributed by atoms with van der Waals surface area (Å²) in [6.45, 7) is 1.87. The first kappa shape index (κ1) is 9.49. The molecule has 0 spiro atoms. The zero-order valence-corrected chi connectivity index (χ0v) is 8.56. The number of anilines is 1. The number of halogens is 1. The summed E-state index contributed by atoms with van der Waals surface area (Å²) in [7, 11) is 0. The molecule has 1 unspecified atom stereocenters. The lowest BCUT2D eigenvalue weighted by molar-refractivity contribution is -0.116. The van der Waals surface area contributed by atoms with Crippen LogP contribution in [0, 0.1) is 6.92 Å². The molecule has 0 aliphatic carbocycles. The van der Waals surface area contributed by atoms with E-state index in [9.17, 15) is 4.79 Å². The van der Waals surface area contributed by atoms with Gasteiger partial charge in [-0.05, 0) is 24.1 Å². The van der Waals surface area contributed by atoms with Gasteiger partial charge in [0.15, 0.2) is 0 Å².